The average molecular weight is 507 g/mol. The van der Waals surface area contributed by atoms with Gasteiger partial charge in [-0.25, -0.2) is 14.4 Å². The molecule has 0 saturated carbocycles. The smallest absolute Gasteiger partial charge is 0.341 e. The van der Waals surface area contributed by atoms with Gasteiger partial charge in [0.2, 0.25) is 5.88 Å². The summed E-state index contributed by atoms with van der Waals surface area (Å²) in [6, 6.07) is 13.9. The van der Waals surface area contributed by atoms with Crippen molar-refractivity contribution in [1.82, 2.24) is 4.57 Å². The molecule has 1 aliphatic carbocycles. The van der Waals surface area contributed by atoms with Crippen LogP contribution in [0.4, 0.5) is 5.00 Å². The minimum Gasteiger partial charge on any atom is -0.494 e. The van der Waals surface area contributed by atoms with Crippen LogP contribution in [0.3, 0.4) is 0 Å². The van der Waals surface area contributed by atoms with Crippen LogP contribution >= 0.6 is 22.9 Å². The maximum absolute atomic E-state index is 13.3. The molecule has 1 aliphatic rings. The number of halogens is 1. The number of pyridine rings is 1. The van der Waals surface area contributed by atoms with E-state index in [0.29, 0.717) is 37.6 Å². The first-order chi connectivity index (χ1) is 17.0. The molecule has 35 heavy (non-hydrogen) atoms. The van der Waals surface area contributed by atoms with Crippen molar-refractivity contribution in [2.45, 2.75) is 32.6 Å². The molecule has 0 bridgehead atoms. The number of hydrogen-bond acceptors (Lipinski definition) is 6. The second kappa shape index (κ2) is 9.68. The van der Waals surface area contributed by atoms with Gasteiger partial charge in [-0.05, 0) is 56.4 Å². The molecule has 2 aromatic carbocycles. The zero-order chi connectivity index (χ0) is 24.5. The summed E-state index contributed by atoms with van der Waals surface area (Å²) in [7, 11) is 0. The molecule has 2 heterocycles. The number of aryl methyl sites for hydroxylation is 1. The number of carbonyl (C=O) groups is 1. The van der Waals surface area contributed by atoms with E-state index in [1.54, 1.807) is 55.5 Å². The molecule has 5 rings (SSSR count). The van der Waals surface area contributed by atoms with E-state index >= 15 is 0 Å². The van der Waals surface area contributed by atoms with E-state index in [1.807, 2.05) is 0 Å². The number of carbonyl (C=O) groups excluding carboxylic acids is 1. The maximum atomic E-state index is 13.3. The first kappa shape index (κ1) is 23.3. The molecule has 2 aromatic heterocycles. The number of ether oxygens (including phenoxy) is 1. The predicted octanol–water partition coefficient (Wildman–Crippen LogP) is 6.22. The second-order valence-electron chi connectivity index (χ2n) is 8.24. The van der Waals surface area contributed by atoms with Crippen molar-refractivity contribution < 1.29 is 14.6 Å². The fraction of sp³-hybridized carbons (Fsp3) is 0.222. The van der Waals surface area contributed by atoms with E-state index in [4.69, 9.17) is 16.3 Å². The minimum absolute atomic E-state index is 0.274. The molecule has 0 fully saturated rings. The number of benzene rings is 2. The van der Waals surface area contributed by atoms with Crippen molar-refractivity contribution in [3.05, 3.63) is 85.5 Å². The van der Waals surface area contributed by atoms with E-state index in [-0.39, 0.29) is 24.0 Å². The molecule has 0 aliphatic heterocycles. The van der Waals surface area contributed by atoms with Crippen molar-refractivity contribution in [2.75, 3.05) is 6.61 Å². The number of nitrogens with zero attached hydrogens (tertiary/aromatic N) is 2. The largest absolute Gasteiger partial charge is 0.494 e. The number of aromatic nitrogens is 1. The van der Waals surface area contributed by atoms with E-state index in [1.165, 1.54) is 22.1 Å². The Morgan fingerprint density at radius 3 is 2.63 bits per heavy atom. The summed E-state index contributed by atoms with van der Waals surface area (Å²) in [5.41, 5.74) is 1.87. The van der Waals surface area contributed by atoms with Gasteiger partial charge in [-0.15, -0.1) is 11.3 Å². The zero-order valence-corrected chi connectivity index (χ0v) is 20.7. The predicted molar refractivity (Wildman–Crippen MR) is 140 cm³/mol. The highest BCUT2D eigenvalue weighted by molar-refractivity contribution is 7.16. The maximum Gasteiger partial charge on any atom is 0.341 e. The number of hydrogen-bond donors (Lipinski definition) is 1. The number of fused-ring (bicyclic) bond motifs is 2. The molecule has 6 nitrogen and oxygen atoms in total. The van der Waals surface area contributed by atoms with Crippen LogP contribution in [0.25, 0.3) is 16.5 Å². The van der Waals surface area contributed by atoms with Gasteiger partial charge in [0.25, 0.3) is 5.56 Å². The molecule has 0 spiro atoms. The van der Waals surface area contributed by atoms with Gasteiger partial charge in [0.1, 0.15) is 5.00 Å². The molecule has 0 unspecified atom stereocenters. The molecular formula is C27H23ClN2O4S. The number of rotatable bonds is 5. The van der Waals surface area contributed by atoms with Crippen LogP contribution in [-0.4, -0.2) is 28.5 Å². The van der Waals surface area contributed by atoms with Crippen molar-refractivity contribution in [3.8, 4) is 11.6 Å². The molecule has 0 amide bonds. The molecule has 1 N–H and O–H groups in total. The topological polar surface area (TPSA) is 80.9 Å². The lowest BCUT2D eigenvalue weighted by Crippen LogP contribution is -2.20. The summed E-state index contributed by atoms with van der Waals surface area (Å²) in [4.78, 5) is 31.9. The number of thiophene rings is 1. The summed E-state index contributed by atoms with van der Waals surface area (Å²) in [6.45, 7) is 2.06. The van der Waals surface area contributed by atoms with Gasteiger partial charge in [-0.1, -0.05) is 41.9 Å². The lowest BCUT2D eigenvalue weighted by Gasteiger charge is -2.14. The lowest BCUT2D eigenvalue weighted by atomic mass is 9.95. The number of aromatic hydroxyl groups is 1. The van der Waals surface area contributed by atoms with Crippen LogP contribution in [-0.2, 0) is 17.6 Å². The summed E-state index contributed by atoms with van der Waals surface area (Å²) < 4.78 is 6.52. The normalized spacial score (nSPS) is 13.3. The van der Waals surface area contributed by atoms with Crippen molar-refractivity contribution in [3.63, 3.8) is 0 Å². The van der Waals surface area contributed by atoms with Crippen LogP contribution in [0.2, 0.25) is 5.02 Å². The summed E-state index contributed by atoms with van der Waals surface area (Å²) in [5, 5.41) is 13.1. The van der Waals surface area contributed by atoms with Gasteiger partial charge in [-0.3, -0.25) is 4.79 Å². The van der Waals surface area contributed by atoms with Gasteiger partial charge in [0.15, 0.2) is 0 Å². The van der Waals surface area contributed by atoms with Gasteiger partial charge >= 0.3 is 5.97 Å². The van der Waals surface area contributed by atoms with Crippen LogP contribution in [0.1, 0.15) is 46.1 Å². The number of para-hydroxylation sites is 1. The van der Waals surface area contributed by atoms with E-state index < -0.39 is 0 Å². The minimum atomic E-state index is -0.387. The van der Waals surface area contributed by atoms with Crippen LogP contribution < -0.4 is 5.56 Å². The number of aliphatic imine (C=N–C) groups is 1. The Morgan fingerprint density at radius 1 is 1.14 bits per heavy atom. The Hall–Kier alpha value is -3.42. The third-order valence-corrected chi connectivity index (χ3v) is 7.66. The highest BCUT2D eigenvalue weighted by Gasteiger charge is 2.26. The SMILES string of the molecule is CCOC(=O)c1c(/N=C/c2c(O)n(-c3ccccc3Cl)c(=O)c3ccccc23)sc2c1CCCC2. The molecule has 0 atom stereocenters. The molecule has 4 aromatic rings. The van der Waals surface area contributed by atoms with Crippen molar-refractivity contribution in [2.24, 2.45) is 4.99 Å². The third-order valence-electron chi connectivity index (χ3n) is 6.14. The molecule has 8 heteroatoms. The quantitative estimate of drug-likeness (QED) is 0.257. The van der Waals surface area contributed by atoms with Crippen LogP contribution in [0.5, 0.6) is 5.88 Å². The fourth-order valence-electron chi connectivity index (χ4n) is 4.53. The Balaban J connectivity index is 1.72. The first-order valence-corrected chi connectivity index (χ1v) is 12.7. The average Bonchev–Trinajstić information content (AvgIpc) is 3.24. The van der Waals surface area contributed by atoms with Crippen LogP contribution in [0, 0.1) is 0 Å². The lowest BCUT2D eigenvalue weighted by molar-refractivity contribution is 0.0526. The molecule has 178 valence electrons. The van der Waals surface area contributed by atoms with Gasteiger partial charge in [0.05, 0.1) is 28.4 Å². The standard InChI is InChI=1S/C27H23ClN2O4S/c1-2-34-27(33)23-18-11-5-8-14-22(18)35-24(23)29-15-19-16-9-3-4-10-17(16)25(31)30(26(19)32)21-13-7-6-12-20(21)28/h3-4,6-7,9-10,12-13,15,32H,2,5,8,11,14H2,1H3/b29-15+. The Bertz CT molecular complexity index is 1540. The summed E-state index contributed by atoms with van der Waals surface area (Å²) in [5.74, 6) is -0.654. The Labute approximate surface area is 211 Å². The van der Waals surface area contributed by atoms with E-state index in [9.17, 15) is 14.7 Å². The van der Waals surface area contributed by atoms with E-state index in [2.05, 4.69) is 4.99 Å². The highest BCUT2D eigenvalue weighted by Crippen LogP contribution is 2.40. The molecule has 0 saturated heterocycles. The third kappa shape index (κ3) is 4.15. The van der Waals surface area contributed by atoms with Crippen LogP contribution in [0.15, 0.2) is 58.3 Å². The van der Waals surface area contributed by atoms with Gasteiger partial charge < -0.3 is 9.84 Å². The van der Waals surface area contributed by atoms with Gasteiger partial charge in [0, 0.05) is 21.9 Å². The van der Waals surface area contributed by atoms with Crippen molar-refractivity contribution >= 4 is 50.9 Å². The first-order valence-electron chi connectivity index (χ1n) is 11.5. The Kier molecular flexibility index (Phi) is 6.45. The Morgan fingerprint density at radius 2 is 1.86 bits per heavy atom. The monoisotopic (exact) mass is 506 g/mol. The summed E-state index contributed by atoms with van der Waals surface area (Å²) in [6.07, 6.45) is 5.35. The zero-order valence-electron chi connectivity index (χ0n) is 19.1. The summed E-state index contributed by atoms with van der Waals surface area (Å²) >= 11 is 7.85. The van der Waals surface area contributed by atoms with Gasteiger partial charge in [-0.2, -0.15) is 0 Å². The molecule has 0 radical (unpaired) electrons. The fourth-order valence-corrected chi connectivity index (χ4v) is 5.97. The second-order valence-corrected chi connectivity index (χ2v) is 9.74. The molecular weight excluding hydrogens is 484 g/mol. The number of esters is 1. The highest BCUT2D eigenvalue weighted by atomic mass is 35.5. The van der Waals surface area contributed by atoms with Crippen molar-refractivity contribution in [1.29, 1.82) is 0 Å². The van der Waals surface area contributed by atoms with E-state index in [0.717, 1.165) is 36.1 Å².